The summed E-state index contributed by atoms with van der Waals surface area (Å²) in [5, 5.41) is 0. The van der Waals surface area contributed by atoms with Gasteiger partial charge in [0.25, 0.3) is 0 Å². The van der Waals surface area contributed by atoms with E-state index in [1.165, 1.54) is 6.92 Å². The summed E-state index contributed by atoms with van der Waals surface area (Å²) in [6.45, 7) is 13.2. The summed E-state index contributed by atoms with van der Waals surface area (Å²) in [6, 6.07) is 0. The fraction of sp³-hybridized carbons (Fsp3) is 0.417. The number of carbonyl (C=O) groups excluding carboxylic acids is 1. The van der Waals surface area contributed by atoms with E-state index in [1.54, 1.807) is 0 Å². The molecule has 0 aromatic heterocycles. The van der Waals surface area contributed by atoms with E-state index in [2.05, 4.69) is 13.2 Å². The van der Waals surface area contributed by atoms with Gasteiger partial charge in [-0.1, -0.05) is 24.3 Å². The Kier molecular flexibility index (Phi) is 5.61. The predicted octanol–water partition coefficient (Wildman–Crippen LogP) is 2.87. The monoisotopic (exact) mass is 194 g/mol. The summed E-state index contributed by atoms with van der Waals surface area (Å²) in [5.41, 5.74) is 2.04. The van der Waals surface area contributed by atoms with Gasteiger partial charge >= 0.3 is 5.97 Å². The van der Waals surface area contributed by atoms with E-state index in [9.17, 15) is 4.79 Å². The van der Waals surface area contributed by atoms with E-state index in [0.717, 1.165) is 11.1 Å². The van der Waals surface area contributed by atoms with Crippen LogP contribution in [-0.2, 0) is 9.53 Å². The summed E-state index contributed by atoms with van der Waals surface area (Å²) in [4.78, 5) is 10.6. The molecule has 0 spiro atoms. The lowest BCUT2D eigenvalue weighted by Gasteiger charge is -2.09. The van der Waals surface area contributed by atoms with Crippen LogP contribution in [0.4, 0.5) is 0 Å². The SMILES string of the molecule is C=C[C@H](C=C(C)COC(C)=O)C(=C)C. The summed E-state index contributed by atoms with van der Waals surface area (Å²) < 4.78 is 4.86. The number of hydrogen-bond acceptors (Lipinski definition) is 2. The maximum Gasteiger partial charge on any atom is 0.302 e. The molecule has 0 N–H and O–H groups in total. The van der Waals surface area contributed by atoms with Gasteiger partial charge in [-0.15, -0.1) is 6.58 Å². The first-order valence-corrected chi connectivity index (χ1v) is 4.56. The zero-order valence-corrected chi connectivity index (χ0v) is 9.17. The van der Waals surface area contributed by atoms with Gasteiger partial charge in [0.1, 0.15) is 6.61 Å². The first kappa shape index (κ1) is 12.7. The van der Waals surface area contributed by atoms with Crippen molar-refractivity contribution < 1.29 is 9.53 Å². The van der Waals surface area contributed by atoms with Gasteiger partial charge in [-0.05, 0) is 19.4 Å². The maximum atomic E-state index is 10.6. The van der Waals surface area contributed by atoms with Gasteiger partial charge in [-0.2, -0.15) is 0 Å². The second-order valence-electron chi connectivity index (χ2n) is 3.40. The number of ether oxygens (including phenoxy) is 1. The average molecular weight is 194 g/mol. The molecule has 0 aliphatic carbocycles. The van der Waals surface area contributed by atoms with Crippen molar-refractivity contribution in [1.29, 1.82) is 0 Å². The molecule has 0 heterocycles. The summed E-state index contributed by atoms with van der Waals surface area (Å²) >= 11 is 0. The van der Waals surface area contributed by atoms with Crippen LogP contribution in [0.15, 0.2) is 36.5 Å². The molecular weight excluding hydrogens is 176 g/mol. The van der Waals surface area contributed by atoms with E-state index in [0.29, 0.717) is 6.61 Å². The molecule has 0 amide bonds. The van der Waals surface area contributed by atoms with E-state index in [4.69, 9.17) is 4.74 Å². The number of allylic oxidation sites excluding steroid dienone is 3. The molecule has 0 aliphatic rings. The van der Waals surface area contributed by atoms with Gasteiger partial charge in [-0.3, -0.25) is 4.79 Å². The smallest absolute Gasteiger partial charge is 0.302 e. The van der Waals surface area contributed by atoms with Crippen LogP contribution >= 0.6 is 0 Å². The average Bonchev–Trinajstić information content (AvgIpc) is 2.10. The number of rotatable bonds is 5. The zero-order chi connectivity index (χ0) is 11.1. The lowest BCUT2D eigenvalue weighted by Crippen LogP contribution is -2.03. The molecule has 14 heavy (non-hydrogen) atoms. The van der Waals surface area contributed by atoms with Gasteiger partial charge in [0.15, 0.2) is 0 Å². The zero-order valence-electron chi connectivity index (χ0n) is 9.17. The van der Waals surface area contributed by atoms with E-state index >= 15 is 0 Å². The van der Waals surface area contributed by atoms with Crippen LogP contribution in [0.3, 0.4) is 0 Å². The molecule has 1 atom stereocenters. The number of carbonyl (C=O) groups is 1. The topological polar surface area (TPSA) is 26.3 Å². The lowest BCUT2D eigenvalue weighted by atomic mass is 10.00. The fourth-order valence-corrected chi connectivity index (χ4v) is 0.982. The van der Waals surface area contributed by atoms with Crippen LogP contribution in [0.25, 0.3) is 0 Å². The second-order valence-corrected chi connectivity index (χ2v) is 3.40. The van der Waals surface area contributed by atoms with Gasteiger partial charge in [0, 0.05) is 12.8 Å². The molecule has 2 nitrogen and oxygen atoms in total. The van der Waals surface area contributed by atoms with Gasteiger partial charge in [0.2, 0.25) is 0 Å². The first-order chi connectivity index (χ1) is 6.47. The first-order valence-electron chi connectivity index (χ1n) is 4.56. The third-order valence-corrected chi connectivity index (χ3v) is 1.79. The van der Waals surface area contributed by atoms with Crippen molar-refractivity contribution in [2.24, 2.45) is 5.92 Å². The Morgan fingerprint density at radius 2 is 2.00 bits per heavy atom. The van der Waals surface area contributed by atoms with Crippen molar-refractivity contribution >= 4 is 5.97 Å². The molecule has 0 rings (SSSR count). The lowest BCUT2D eigenvalue weighted by molar-refractivity contribution is -0.139. The Balaban J connectivity index is 4.25. The molecule has 0 unspecified atom stereocenters. The normalized spacial score (nSPS) is 13.2. The second kappa shape index (κ2) is 6.19. The molecule has 0 bridgehead atoms. The van der Waals surface area contributed by atoms with E-state index in [-0.39, 0.29) is 11.9 Å². The highest BCUT2D eigenvalue weighted by atomic mass is 16.5. The molecule has 0 aromatic rings. The van der Waals surface area contributed by atoms with Crippen LogP contribution in [-0.4, -0.2) is 12.6 Å². The van der Waals surface area contributed by atoms with E-state index in [1.807, 2.05) is 26.0 Å². The molecule has 78 valence electrons. The Hall–Kier alpha value is -1.31. The minimum atomic E-state index is -0.261. The fourth-order valence-electron chi connectivity index (χ4n) is 0.982. The molecule has 0 fully saturated rings. The van der Waals surface area contributed by atoms with Gasteiger partial charge in [0.05, 0.1) is 0 Å². The number of hydrogen-bond donors (Lipinski definition) is 0. The predicted molar refractivity (Wildman–Crippen MR) is 58.9 cm³/mol. The molecule has 0 saturated carbocycles. The van der Waals surface area contributed by atoms with Crippen molar-refractivity contribution in [2.45, 2.75) is 20.8 Å². The minimum Gasteiger partial charge on any atom is -0.461 e. The van der Waals surface area contributed by atoms with Crippen LogP contribution in [0.1, 0.15) is 20.8 Å². The molecule has 0 aromatic carbocycles. The Morgan fingerprint density at radius 3 is 2.36 bits per heavy atom. The van der Waals surface area contributed by atoms with Crippen molar-refractivity contribution in [3.8, 4) is 0 Å². The highest BCUT2D eigenvalue weighted by Gasteiger charge is 2.02. The van der Waals surface area contributed by atoms with Crippen LogP contribution in [0.2, 0.25) is 0 Å². The third-order valence-electron chi connectivity index (χ3n) is 1.79. The summed E-state index contributed by atoms with van der Waals surface area (Å²) in [5.74, 6) is -0.103. The van der Waals surface area contributed by atoms with Crippen LogP contribution in [0.5, 0.6) is 0 Å². The maximum absolute atomic E-state index is 10.6. The Bertz CT molecular complexity index is 261. The molecule has 0 radical (unpaired) electrons. The van der Waals surface area contributed by atoms with Crippen LogP contribution < -0.4 is 0 Å². The van der Waals surface area contributed by atoms with E-state index < -0.39 is 0 Å². The molecule has 0 aliphatic heterocycles. The van der Waals surface area contributed by atoms with Gasteiger partial charge < -0.3 is 4.74 Å². The summed E-state index contributed by atoms with van der Waals surface area (Å²) in [7, 11) is 0. The minimum absolute atomic E-state index is 0.158. The van der Waals surface area contributed by atoms with Gasteiger partial charge in [-0.25, -0.2) is 0 Å². The Labute approximate surface area is 86.0 Å². The highest BCUT2D eigenvalue weighted by Crippen LogP contribution is 2.13. The highest BCUT2D eigenvalue weighted by molar-refractivity contribution is 5.66. The Morgan fingerprint density at radius 1 is 1.43 bits per heavy atom. The van der Waals surface area contributed by atoms with Crippen molar-refractivity contribution in [2.75, 3.05) is 6.61 Å². The largest absolute Gasteiger partial charge is 0.461 e. The van der Waals surface area contributed by atoms with Crippen molar-refractivity contribution in [3.63, 3.8) is 0 Å². The standard InChI is InChI=1S/C12H18O2/c1-6-12(9(2)3)7-10(4)8-14-11(5)13/h6-7,12H,1-2,8H2,3-5H3/t12-/m1/s1. The quantitative estimate of drug-likeness (QED) is 0.497. The molecule has 2 heteroatoms. The molecular formula is C12H18O2. The van der Waals surface area contributed by atoms with Crippen molar-refractivity contribution in [3.05, 3.63) is 36.5 Å². The van der Waals surface area contributed by atoms with Crippen molar-refractivity contribution in [1.82, 2.24) is 0 Å². The number of esters is 1. The van der Waals surface area contributed by atoms with Crippen LogP contribution in [0, 0.1) is 5.92 Å². The molecule has 0 saturated heterocycles. The summed E-state index contributed by atoms with van der Waals surface area (Å²) in [6.07, 6.45) is 3.82. The third kappa shape index (κ3) is 5.36.